The lowest BCUT2D eigenvalue weighted by atomic mass is 10.0. The van der Waals surface area contributed by atoms with E-state index in [1.54, 1.807) is 18.3 Å². The zero-order chi connectivity index (χ0) is 19.5. The summed E-state index contributed by atoms with van der Waals surface area (Å²) in [6.45, 7) is 1.56. The Labute approximate surface area is 161 Å². The number of piperidine rings is 1. The fourth-order valence-corrected chi connectivity index (χ4v) is 3.28. The Morgan fingerprint density at radius 1 is 1.21 bits per heavy atom. The van der Waals surface area contributed by atoms with Crippen molar-refractivity contribution in [3.63, 3.8) is 0 Å². The highest BCUT2D eigenvalue weighted by molar-refractivity contribution is 6.03. The molecule has 1 saturated heterocycles. The van der Waals surface area contributed by atoms with Crippen molar-refractivity contribution in [3.05, 3.63) is 54.5 Å². The first-order valence-corrected chi connectivity index (χ1v) is 9.03. The zero-order valence-electron chi connectivity index (χ0n) is 15.1. The number of rotatable bonds is 4. The van der Waals surface area contributed by atoms with E-state index < -0.39 is 11.7 Å². The number of hydrogen-bond acceptors (Lipinski definition) is 6. The summed E-state index contributed by atoms with van der Waals surface area (Å²) >= 11 is 0. The predicted molar refractivity (Wildman–Crippen MR) is 103 cm³/mol. The van der Waals surface area contributed by atoms with Gasteiger partial charge in [-0.05, 0) is 18.9 Å². The van der Waals surface area contributed by atoms with Gasteiger partial charge in [0.1, 0.15) is 11.5 Å². The van der Waals surface area contributed by atoms with Crippen LogP contribution in [0.25, 0.3) is 11.1 Å². The van der Waals surface area contributed by atoms with Gasteiger partial charge in [0.05, 0.1) is 18.1 Å². The molecule has 0 unspecified atom stereocenters. The molecule has 3 aromatic rings. The molecule has 1 aliphatic heterocycles. The highest BCUT2D eigenvalue weighted by atomic mass is 19.1. The molecule has 8 nitrogen and oxygen atoms in total. The highest BCUT2D eigenvalue weighted by Crippen LogP contribution is 2.34. The van der Waals surface area contributed by atoms with Crippen LogP contribution in [0.2, 0.25) is 0 Å². The van der Waals surface area contributed by atoms with Crippen LogP contribution in [-0.2, 0) is 0 Å². The number of nitrogens with one attached hydrogen (secondary N) is 2. The maximum atomic E-state index is 15.2. The van der Waals surface area contributed by atoms with Crippen molar-refractivity contribution in [2.75, 3.05) is 23.3 Å². The first kappa shape index (κ1) is 18.1. The van der Waals surface area contributed by atoms with Crippen molar-refractivity contribution in [3.8, 4) is 11.1 Å². The van der Waals surface area contributed by atoms with Crippen LogP contribution >= 0.6 is 0 Å². The average Bonchev–Trinajstić information content (AvgIpc) is 3.20. The predicted octanol–water partition coefficient (Wildman–Crippen LogP) is 2.19. The lowest BCUT2D eigenvalue weighted by Crippen LogP contribution is -2.40. The summed E-state index contributed by atoms with van der Waals surface area (Å²) < 4.78 is 15.2. The first-order valence-electron chi connectivity index (χ1n) is 9.03. The van der Waals surface area contributed by atoms with Gasteiger partial charge in [-0.3, -0.25) is 14.9 Å². The van der Waals surface area contributed by atoms with Gasteiger partial charge in [0.2, 0.25) is 0 Å². The molecule has 0 atom stereocenters. The summed E-state index contributed by atoms with van der Waals surface area (Å²) in [5.74, 6) is -0.305. The number of H-pyrrole nitrogens is 1. The van der Waals surface area contributed by atoms with Crippen LogP contribution in [0.5, 0.6) is 0 Å². The number of amides is 1. The van der Waals surface area contributed by atoms with Gasteiger partial charge in [-0.1, -0.05) is 12.1 Å². The number of nitrogens with zero attached hydrogens (tertiary/aromatic N) is 4. The summed E-state index contributed by atoms with van der Waals surface area (Å²) in [4.78, 5) is 22.2. The van der Waals surface area contributed by atoms with Gasteiger partial charge < -0.3 is 16.0 Å². The van der Waals surface area contributed by atoms with E-state index in [4.69, 9.17) is 5.73 Å². The monoisotopic (exact) mass is 381 g/mol. The number of nitrogens with two attached hydrogens (primary N) is 1. The Bertz CT molecular complexity index is 967. The molecule has 0 spiro atoms. The molecule has 1 fully saturated rings. The molecule has 2 aromatic heterocycles. The topological polar surface area (TPSA) is 113 Å². The Hall–Kier alpha value is -3.33. The first-order chi connectivity index (χ1) is 13.6. The van der Waals surface area contributed by atoms with Gasteiger partial charge in [0.15, 0.2) is 5.82 Å². The van der Waals surface area contributed by atoms with E-state index >= 15 is 4.39 Å². The van der Waals surface area contributed by atoms with Gasteiger partial charge in [-0.25, -0.2) is 9.37 Å². The van der Waals surface area contributed by atoms with Crippen LogP contribution in [0.1, 0.15) is 23.3 Å². The summed E-state index contributed by atoms with van der Waals surface area (Å²) in [6, 6.07) is 5.05. The standard InChI is InChI=1S/C19H20FN7O/c20-17-13(14-10-24-26-18(14)27-8-4-12(21)5-9-27)2-1-3-15(17)25-19(28)16-11-22-6-7-23-16/h1-3,6-7,10-12H,4-5,8-9,21H2,(H,24,26)(H,25,28). The van der Waals surface area contributed by atoms with E-state index in [9.17, 15) is 4.79 Å². The Kier molecular flexibility index (Phi) is 4.98. The van der Waals surface area contributed by atoms with Gasteiger partial charge in [0, 0.05) is 42.7 Å². The van der Waals surface area contributed by atoms with Crippen LogP contribution in [0.4, 0.5) is 15.9 Å². The Balaban J connectivity index is 1.61. The third-order valence-electron chi connectivity index (χ3n) is 4.81. The molecule has 0 bridgehead atoms. The minimum atomic E-state index is -0.531. The molecule has 4 rings (SSSR count). The van der Waals surface area contributed by atoms with E-state index in [1.165, 1.54) is 24.7 Å². The third-order valence-corrected chi connectivity index (χ3v) is 4.81. The fourth-order valence-electron chi connectivity index (χ4n) is 3.28. The van der Waals surface area contributed by atoms with E-state index in [2.05, 4.69) is 30.4 Å². The Morgan fingerprint density at radius 3 is 2.79 bits per heavy atom. The van der Waals surface area contributed by atoms with Crippen LogP contribution < -0.4 is 16.0 Å². The van der Waals surface area contributed by atoms with Crippen LogP contribution in [-0.4, -0.2) is 45.2 Å². The smallest absolute Gasteiger partial charge is 0.275 e. The molecule has 9 heteroatoms. The Morgan fingerprint density at radius 2 is 2.04 bits per heavy atom. The van der Waals surface area contributed by atoms with Crippen molar-refractivity contribution in [2.24, 2.45) is 5.73 Å². The molecule has 1 amide bonds. The second-order valence-electron chi connectivity index (χ2n) is 6.67. The molecule has 28 heavy (non-hydrogen) atoms. The zero-order valence-corrected chi connectivity index (χ0v) is 15.1. The number of carbonyl (C=O) groups is 1. The summed E-state index contributed by atoms with van der Waals surface area (Å²) in [6.07, 6.45) is 7.53. The molecule has 1 aliphatic rings. The number of anilines is 2. The average molecular weight is 381 g/mol. The minimum Gasteiger partial charge on any atom is -0.356 e. The number of hydrogen-bond donors (Lipinski definition) is 3. The molecule has 1 aromatic carbocycles. The number of benzene rings is 1. The van der Waals surface area contributed by atoms with E-state index in [1.807, 2.05) is 0 Å². The van der Waals surface area contributed by atoms with Crippen molar-refractivity contribution < 1.29 is 9.18 Å². The van der Waals surface area contributed by atoms with Crippen LogP contribution in [0.3, 0.4) is 0 Å². The number of aromatic nitrogens is 4. The van der Waals surface area contributed by atoms with Gasteiger partial charge in [0.25, 0.3) is 5.91 Å². The lowest BCUT2D eigenvalue weighted by Gasteiger charge is -2.31. The van der Waals surface area contributed by atoms with Crippen molar-refractivity contribution in [1.29, 1.82) is 0 Å². The lowest BCUT2D eigenvalue weighted by molar-refractivity contribution is 0.102. The highest BCUT2D eigenvalue weighted by Gasteiger charge is 2.23. The molecule has 0 saturated carbocycles. The molecule has 4 N–H and O–H groups in total. The number of halogens is 1. The van der Waals surface area contributed by atoms with Crippen LogP contribution in [0, 0.1) is 5.82 Å². The third kappa shape index (κ3) is 3.56. The summed E-state index contributed by atoms with van der Waals surface area (Å²) in [5, 5.41) is 9.62. The summed E-state index contributed by atoms with van der Waals surface area (Å²) in [5.41, 5.74) is 7.16. The quantitative estimate of drug-likeness (QED) is 0.638. The van der Waals surface area contributed by atoms with Crippen molar-refractivity contribution >= 4 is 17.4 Å². The fraction of sp³-hybridized carbons (Fsp3) is 0.263. The largest absolute Gasteiger partial charge is 0.356 e. The van der Waals surface area contributed by atoms with E-state index in [0.29, 0.717) is 11.1 Å². The van der Waals surface area contributed by atoms with Crippen molar-refractivity contribution in [1.82, 2.24) is 20.2 Å². The summed E-state index contributed by atoms with van der Waals surface area (Å²) in [7, 11) is 0. The molecular formula is C19H20FN7O. The van der Waals surface area contributed by atoms with E-state index in [0.717, 1.165) is 31.7 Å². The van der Waals surface area contributed by atoms with Crippen LogP contribution in [0.15, 0.2) is 43.0 Å². The molecule has 0 radical (unpaired) electrons. The second-order valence-corrected chi connectivity index (χ2v) is 6.67. The SMILES string of the molecule is NC1CCN(c2[nH]ncc2-c2cccc(NC(=O)c3cnccn3)c2F)CC1. The van der Waals surface area contributed by atoms with Gasteiger partial charge in [-0.2, -0.15) is 5.10 Å². The maximum Gasteiger partial charge on any atom is 0.275 e. The number of carbonyl (C=O) groups excluding carboxylic acids is 1. The van der Waals surface area contributed by atoms with Gasteiger partial charge in [-0.15, -0.1) is 0 Å². The molecule has 144 valence electrons. The number of aromatic amines is 1. The molecule has 0 aliphatic carbocycles. The molecule has 3 heterocycles. The second kappa shape index (κ2) is 7.73. The normalized spacial score (nSPS) is 14.9. The molecular weight excluding hydrogens is 361 g/mol. The minimum absolute atomic E-state index is 0.0703. The maximum absolute atomic E-state index is 15.2. The van der Waals surface area contributed by atoms with Gasteiger partial charge >= 0.3 is 0 Å². The van der Waals surface area contributed by atoms with Crippen molar-refractivity contribution in [2.45, 2.75) is 18.9 Å². The van der Waals surface area contributed by atoms with E-state index in [-0.39, 0.29) is 17.4 Å².